The van der Waals surface area contributed by atoms with Crippen LogP contribution >= 0.6 is 0 Å². The van der Waals surface area contributed by atoms with Gasteiger partial charge in [-0.1, -0.05) is 43.7 Å². The van der Waals surface area contributed by atoms with Gasteiger partial charge in [-0.05, 0) is 30.5 Å². The van der Waals surface area contributed by atoms with Crippen molar-refractivity contribution in [3.05, 3.63) is 54.2 Å². The lowest BCUT2D eigenvalue weighted by Crippen LogP contribution is -2.13. The molecule has 1 aromatic heterocycles. The summed E-state index contributed by atoms with van der Waals surface area (Å²) >= 11 is 0. The number of aromatic nitrogens is 1. The number of hydrogen-bond donors (Lipinski definition) is 2. The van der Waals surface area contributed by atoms with Crippen LogP contribution < -0.4 is 10.6 Å². The van der Waals surface area contributed by atoms with Crippen LogP contribution in [0.5, 0.6) is 0 Å². The summed E-state index contributed by atoms with van der Waals surface area (Å²) in [6, 6.07) is 13.8. The summed E-state index contributed by atoms with van der Waals surface area (Å²) in [6.45, 7) is 3.11. The number of rotatable bonds is 8. The lowest BCUT2D eigenvalue weighted by atomic mass is 10.1. The smallest absolute Gasteiger partial charge is 0.225 e. The van der Waals surface area contributed by atoms with Crippen LogP contribution in [0.25, 0.3) is 0 Å². The zero-order chi connectivity index (χ0) is 15.6. The molecule has 0 spiro atoms. The highest BCUT2D eigenvalue weighted by atomic mass is 16.1. The Labute approximate surface area is 132 Å². The van der Waals surface area contributed by atoms with Crippen molar-refractivity contribution in [2.24, 2.45) is 0 Å². The largest absolute Gasteiger partial charge is 0.384 e. The summed E-state index contributed by atoms with van der Waals surface area (Å²) in [6.07, 6.45) is 5.25. The van der Waals surface area contributed by atoms with Crippen LogP contribution in [0.1, 0.15) is 31.7 Å². The summed E-state index contributed by atoms with van der Waals surface area (Å²) in [5, 5.41) is 6.13. The highest BCUT2D eigenvalue weighted by Gasteiger charge is 2.04. The molecule has 0 saturated heterocycles. The van der Waals surface area contributed by atoms with Crippen molar-refractivity contribution in [1.29, 1.82) is 0 Å². The highest BCUT2D eigenvalue weighted by Crippen LogP contribution is 2.11. The standard InChI is InChI=1S/C18H23N3O/c1-2-3-13-19-16-10-11-17(20-14-16)21-18(22)12-9-15-7-5-4-6-8-15/h4-8,10-11,14,19H,2-3,9,12-13H2,1H3,(H,20,21,22). The van der Waals surface area contributed by atoms with Gasteiger partial charge in [0.2, 0.25) is 5.91 Å². The van der Waals surface area contributed by atoms with Crippen molar-refractivity contribution in [2.75, 3.05) is 17.2 Å². The Bertz CT molecular complexity index is 567. The van der Waals surface area contributed by atoms with Gasteiger partial charge in [0.25, 0.3) is 0 Å². The molecule has 1 amide bonds. The minimum atomic E-state index is -0.0111. The topological polar surface area (TPSA) is 54.0 Å². The van der Waals surface area contributed by atoms with E-state index in [9.17, 15) is 4.79 Å². The molecule has 4 heteroatoms. The molecule has 2 N–H and O–H groups in total. The van der Waals surface area contributed by atoms with Crippen molar-refractivity contribution in [3.63, 3.8) is 0 Å². The number of benzene rings is 1. The zero-order valence-corrected chi connectivity index (χ0v) is 13.0. The molecule has 0 fully saturated rings. The fourth-order valence-electron chi connectivity index (χ4n) is 2.09. The van der Waals surface area contributed by atoms with Crippen molar-refractivity contribution >= 4 is 17.4 Å². The first-order valence-corrected chi connectivity index (χ1v) is 7.81. The van der Waals surface area contributed by atoms with Crippen LogP contribution in [0.2, 0.25) is 0 Å². The van der Waals surface area contributed by atoms with E-state index in [2.05, 4.69) is 22.5 Å². The third-order valence-corrected chi connectivity index (χ3v) is 3.37. The quantitative estimate of drug-likeness (QED) is 0.727. The van der Waals surface area contributed by atoms with E-state index in [0.717, 1.165) is 31.5 Å². The number of aryl methyl sites for hydroxylation is 1. The van der Waals surface area contributed by atoms with Crippen molar-refractivity contribution in [1.82, 2.24) is 4.98 Å². The van der Waals surface area contributed by atoms with E-state index < -0.39 is 0 Å². The molecule has 0 saturated carbocycles. The van der Waals surface area contributed by atoms with Gasteiger partial charge in [-0.15, -0.1) is 0 Å². The van der Waals surface area contributed by atoms with Gasteiger partial charge in [-0.3, -0.25) is 4.79 Å². The van der Waals surface area contributed by atoms with E-state index in [1.807, 2.05) is 42.5 Å². The Morgan fingerprint density at radius 3 is 2.64 bits per heavy atom. The van der Waals surface area contributed by atoms with Crippen LogP contribution in [0.15, 0.2) is 48.7 Å². The number of hydrogen-bond acceptors (Lipinski definition) is 3. The number of nitrogens with one attached hydrogen (secondary N) is 2. The summed E-state index contributed by atoms with van der Waals surface area (Å²) < 4.78 is 0. The van der Waals surface area contributed by atoms with Gasteiger partial charge in [-0.2, -0.15) is 0 Å². The van der Waals surface area contributed by atoms with Crippen molar-refractivity contribution < 1.29 is 4.79 Å². The second kappa shape index (κ2) is 8.82. The molecule has 0 aliphatic carbocycles. The number of carbonyl (C=O) groups excluding carboxylic acids is 1. The Hall–Kier alpha value is -2.36. The number of pyridine rings is 1. The van der Waals surface area contributed by atoms with Crippen LogP contribution in [-0.2, 0) is 11.2 Å². The third-order valence-electron chi connectivity index (χ3n) is 3.37. The summed E-state index contributed by atoms with van der Waals surface area (Å²) in [7, 11) is 0. The first-order chi connectivity index (χ1) is 10.8. The fraction of sp³-hybridized carbons (Fsp3) is 0.333. The maximum absolute atomic E-state index is 11.9. The van der Waals surface area contributed by atoms with E-state index in [1.165, 1.54) is 5.56 Å². The van der Waals surface area contributed by atoms with Gasteiger partial charge < -0.3 is 10.6 Å². The first kappa shape index (κ1) is 16.0. The van der Waals surface area contributed by atoms with Gasteiger partial charge >= 0.3 is 0 Å². The summed E-state index contributed by atoms with van der Waals surface area (Å²) in [5.74, 6) is 0.585. The molecule has 0 atom stereocenters. The van der Waals surface area contributed by atoms with E-state index in [-0.39, 0.29) is 5.91 Å². The average Bonchev–Trinajstić information content (AvgIpc) is 2.56. The molecule has 0 radical (unpaired) electrons. The molecular weight excluding hydrogens is 274 g/mol. The van der Waals surface area contributed by atoms with Crippen molar-refractivity contribution in [3.8, 4) is 0 Å². The normalized spacial score (nSPS) is 10.2. The third kappa shape index (κ3) is 5.56. The Morgan fingerprint density at radius 1 is 1.14 bits per heavy atom. The maximum Gasteiger partial charge on any atom is 0.225 e. The number of nitrogens with zero attached hydrogens (tertiary/aromatic N) is 1. The molecule has 0 aliphatic rings. The molecule has 22 heavy (non-hydrogen) atoms. The van der Waals surface area contributed by atoms with Gasteiger partial charge in [0.15, 0.2) is 0 Å². The summed E-state index contributed by atoms with van der Waals surface area (Å²) in [4.78, 5) is 16.2. The SMILES string of the molecule is CCCCNc1ccc(NC(=O)CCc2ccccc2)nc1. The summed E-state index contributed by atoms with van der Waals surface area (Å²) in [5.41, 5.74) is 2.15. The number of unbranched alkanes of at least 4 members (excludes halogenated alkanes) is 1. The predicted octanol–water partition coefficient (Wildman–Crippen LogP) is 3.86. The minimum Gasteiger partial charge on any atom is -0.384 e. The molecule has 2 rings (SSSR count). The number of carbonyl (C=O) groups is 1. The molecule has 1 heterocycles. The van der Waals surface area contributed by atoms with Gasteiger partial charge in [0.1, 0.15) is 5.82 Å². The lowest BCUT2D eigenvalue weighted by Gasteiger charge is -2.07. The van der Waals surface area contributed by atoms with E-state index in [4.69, 9.17) is 0 Å². The van der Waals surface area contributed by atoms with E-state index in [0.29, 0.717) is 12.2 Å². The predicted molar refractivity (Wildman–Crippen MR) is 91.0 cm³/mol. The second-order valence-corrected chi connectivity index (χ2v) is 5.25. The number of anilines is 2. The number of amides is 1. The molecule has 116 valence electrons. The van der Waals surface area contributed by atoms with Crippen LogP contribution in [-0.4, -0.2) is 17.4 Å². The highest BCUT2D eigenvalue weighted by molar-refractivity contribution is 5.89. The molecule has 0 bridgehead atoms. The lowest BCUT2D eigenvalue weighted by molar-refractivity contribution is -0.116. The minimum absolute atomic E-state index is 0.0111. The van der Waals surface area contributed by atoms with E-state index >= 15 is 0 Å². The Morgan fingerprint density at radius 2 is 1.95 bits per heavy atom. The molecular formula is C18H23N3O. The Balaban J connectivity index is 1.76. The molecule has 0 unspecified atom stereocenters. The van der Waals surface area contributed by atoms with Gasteiger partial charge in [-0.25, -0.2) is 4.98 Å². The molecule has 4 nitrogen and oxygen atoms in total. The van der Waals surface area contributed by atoms with Gasteiger partial charge in [0.05, 0.1) is 11.9 Å². The van der Waals surface area contributed by atoms with Crippen LogP contribution in [0.3, 0.4) is 0 Å². The first-order valence-electron chi connectivity index (χ1n) is 7.81. The molecule has 2 aromatic rings. The molecule has 0 aliphatic heterocycles. The maximum atomic E-state index is 11.9. The van der Waals surface area contributed by atoms with Gasteiger partial charge in [0, 0.05) is 13.0 Å². The second-order valence-electron chi connectivity index (χ2n) is 5.25. The average molecular weight is 297 g/mol. The fourth-order valence-corrected chi connectivity index (χ4v) is 2.09. The van der Waals surface area contributed by atoms with Crippen LogP contribution in [0.4, 0.5) is 11.5 Å². The van der Waals surface area contributed by atoms with E-state index in [1.54, 1.807) is 6.20 Å². The van der Waals surface area contributed by atoms with Crippen LogP contribution in [0, 0.1) is 0 Å². The van der Waals surface area contributed by atoms with Crippen molar-refractivity contribution in [2.45, 2.75) is 32.6 Å². The monoisotopic (exact) mass is 297 g/mol. The Kier molecular flexibility index (Phi) is 6.42. The molecule has 1 aromatic carbocycles. The zero-order valence-electron chi connectivity index (χ0n) is 13.0.